The number of rotatable bonds is 4. The second kappa shape index (κ2) is 4.98. The van der Waals surface area contributed by atoms with Crippen molar-refractivity contribution in [3.8, 4) is 0 Å². The second-order valence-corrected chi connectivity index (χ2v) is 9.80. The van der Waals surface area contributed by atoms with E-state index in [-0.39, 0.29) is 5.41 Å². The van der Waals surface area contributed by atoms with Crippen LogP contribution in [0.25, 0.3) is 0 Å². The zero-order valence-corrected chi connectivity index (χ0v) is 12.5. The zero-order valence-electron chi connectivity index (χ0n) is 11.7. The summed E-state index contributed by atoms with van der Waals surface area (Å²) in [5, 5.41) is 3.36. The van der Waals surface area contributed by atoms with Crippen LogP contribution in [0, 0.1) is 0 Å². The minimum absolute atomic E-state index is 0.0524. The van der Waals surface area contributed by atoms with E-state index in [0.717, 1.165) is 25.9 Å². The van der Waals surface area contributed by atoms with E-state index in [4.69, 9.17) is 0 Å². The van der Waals surface area contributed by atoms with Crippen LogP contribution < -0.4 is 10.0 Å². The molecule has 1 heterocycles. The van der Waals surface area contributed by atoms with Gasteiger partial charge in [0.15, 0.2) is 0 Å². The van der Waals surface area contributed by atoms with E-state index in [1.165, 1.54) is 18.1 Å². The Bertz CT molecular complexity index is 478. The van der Waals surface area contributed by atoms with Gasteiger partial charge in [0.1, 0.15) is 0 Å². The van der Waals surface area contributed by atoms with E-state index in [2.05, 4.69) is 22.2 Å². The molecule has 0 spiro atoms. The Morgan fingerprint density at radius 1 is 1.26 bits per heavy atom. The van der Waals surface area contributed by atoms with Crippen molar-refractivity contribution in [1.82, 2.24) is 10.0 Å². The van der Waals surface area contributed by atoms with E-state index in [0.29, 0.717) is 6.54 Å². The van der Waals surface area contributed by atoms with Crippen LogP contribution in [0.3, 0.4) is 0 Å². The minimum atomic E-state index is -3.66. The molecule has 0 radical (unpaired) electrons. The lowest BCUT2D eigenvalue weighted by Gasteiger charge is -2.43. The Labute approximate surface area is 115 Å². The van der Waals surface area contributed by atoms with Crippen molar-refractivity contribution in [1.29, 1.82) is 0 Å². The maximum atomic E-state index is 12.0. The topological polar surface area (TPSA) is 61.4 Å². The molecule has 0 atom stereocenters. The van der Waals surface area contributed by atoms with Crippen LogP contribution in [-0.4, -0.2) is 40.9 Å². The van der Waals surface area contributed by atoms with Gasteiger partial charge >= 0.3 is 0 Å². The largest absolute Gasteiger partial charge is 0.317 e. The Balaban J connectivity index is 2.24. The fourth-order valence-electron chi connectivity index (χ4n) is 2.61. The van der Waals surface area contributed by atoms with Crippen LogP contribution in [0.5, 0.6) is 0 Å². The highest BCUT2D eigenvalue weighted by Gasteiger charge is 2.35. The van der Waals surface area contributed by atoms with Gasteiger partial charge in [-0.15, -0.1) is 9.53 Å². The summed E-state index contributed by atoms with van der Waals surface area (Å²) < 4.78 is 24.8. The summed E-state index contributed by atoms with van der Waals surface area (Å²) in [6.07, 6.45) is 4.70. The Morgan fingerprint density at radius 2 is 1.84 bits per heavy atom. The quantitative estimate of drug-likeness (QED) is 0.782. The molecule has 0 amide bonds. The summed E-state index contributed by atoms with van der Waals surface area (Å²) in [5.74, 6) is 0. The van der Waals surface area contributed by atoms with Crippen molar-refractivity contribution in [3.63, 3.8) is 0 Å². The lowest BCUT2D eigenvalue weighted by molar-refractivity contribution is 0.304. The van der Waals surface area contributed by atoms with Gasteiger partial charge in [-0.3, -0.25) is 4.55 Å². The van der Waals surface area contributed by atoms with Gasteiger partial charge in [-0.2, -0.15) is 4.21 Å². The lowest BCUT2D eigenvalue weighted by atomic mass is 9.73. The van der Waals surface area contributed by atoms with Crippen molar-refractivity contribution < 1.29 is 8.76 Å². The van der Waals surface area contributed by atoms with E-state index in [1.54, 1.807) is 0 Å². The van der Waals surface area contributed by atoms with Gasteiger partial charge < -0.3 is 5.32 Å². The first-order chi connectivity index (χ1) is 8.77. The van der Waals surface area contributed by atoms with Crippen LogP contribution in [0.15, 0.2) is 30.3 Å². The molecule has 108 valence electrons. The van der Waals surface area contributed by atoms with Crippen molar-refractivity contribution in [2.75, 3.05) is 32.1 Å². The Hall–Kier alpha value is -0.750. The summed E-state index contributed by atoms with van der Waals surface area (Å²) in [6, 6.07) is 10.3. The number of piperidine rings is 1. The van der Waals surface area contributed by atoms with Gasteiger partial charge in [0.2, 0.25) is 0 Å². The fourth-order valence-corrected chi connectivity index (χ4v) is 3.30. The number of hydrogen-bond donors (Lipinski definition) is 3. The smallest absolute Gasteiger partial charge is 0.0362 e. The Kier molecular flexibility index (Phi) is 3.84. The summed E-state index contributed by atoms with van der Waals surface area (Å²) in [4.78, 5) is 0. The van der Waals surface area contributed by atoms with Crippen LogP contribution in [0.1, 0.15) is 18.4 Å². The monoisotopic (exact) mass is 284 g/mol. The normalized spacial score (nSPS) is 21.5. The summed E-state index contributed by atoms with van der Waals surface area (Å²) in [7, 11) is -3.66. The third-order valence-electron chi connectivity index (χ3n) is 3.77. The van der Waals surface area contributed by atoms with E-state index < -0.39 is 9.53 Å². The zero-order chi connectivity index (χ0) is 14.0. The predicted molar refractivity (Wildman–Crippen MR) is 80.8 cm³/mol. The maximum absolute atomic E-state index is 12.0. The van der Waals surface area contributed by atoms with Crippen molar-refractivity contribution >= 4 is 9.53 Å². The molecular formula is C14H24N2O2S. The molecule has 1 aromatic rings. The molecule has 3 N–H and O–H groups in total. The number of benzene rings is 1. The first-order valence-corrected chi connectivity index (χ1v) is 9.39. The molecule has 1 saturated heterocycles. The summed E-state index contributed by atoms with van der Waals surface area (Å²) >= 11 is 0. The van der Waals surface area contributed by atoms with Gasteiger partial charge in [0, 0.05) is 24.5 Å². The van der Waals surface area contributed by atoms with Gasteiger partial charge in [-0.25, -0.2) is 4.72 Å². The number of hydrogen-bond acceptors (Lipinski definition) is 2. The average molecular weight is 284 g/mol. The van der Waals surface area contributed by atoms with Gasteiger partial charge in [0.05, 0.1) is 0 Å². The van der Waals surface area contributed by atoms with Gasteiger partial charge in [0.25, 0.3) is 0 Å². The number of nitrogens with one attached hydrogen (secondary N) is 2. The highest BCUT2D eigenvalue weighted by molar-refractivity contribution is 8.12. The van der Waals surface area contributed by atoms with Gasteiger partial charge in [-0.05, 0) is 31.5 Å². The molecule has 0 aromatic heterocycles. The molecule has 0 unspecified atom stereocenters. The minimum Gasteiger partial charge on any atom is -0.317 e. The molecule has 0 saturated carbocycles. The fraction of sp³-hybridized carbons (Fsp3) is 0.571. The van der Waals surface area contributed by atoms with Crippen LogP contribution in [0.4, 0.5) is 0 Å². The van der Waals surface area contributed by atoms with E-state index in [9.17, 15) is 8.76 Å². The second-order valence-electron chi connectivity index (χ2n) is 5.98. The predicted octanol–water partition coefficient (Wildman–Crippen LogP) is 1.37. The van der Waals surface area contributed by atoms with Crippen molar-refractivity contribution in [2.24, 2.45) is 0 Å². The molecule has 1 aliphatic heterocycles. The van der Waals surface area contributed by atoms with Gasteiger partial charge in [-0.1, -0.05) is 30.3 Å². The van der Waals surface area contributed by atoms with Crippen LogP contribution in [0.2, 0.25) is 0 Å². The third-order valence-corrected chi connectivity index (χ3v) is 4.74. The third kappa shape index (κ3) is 4.11. The molecule has 4 nitrogen and oxygen atoms in total. The molecule has 1 aliphatic rings. The molecule has 0 aliphatic carbocycles. The van der Waals surface area contributed by atoms with E-state index in [1.807, 2.05) is 18.2 Å². The molecule has 1 aromatic carbocycles. The first kappa shape index (κ1) is 14.7. The van der Waals surface area contributed by atoms with E-state index >= 15 is 0 Å². The lowest BCUT2D eigenvalue weighted by Crippen LogP contribution is -2.53. The molecule has 1 fully saturated rings. The molecule has 19 heavy (non-hydrogen) atoms. The first-order valence-electron chi connectivity index (χ1n) is 6.65. The van der Waals surface area contributed by atoms with Crippen LogP contribution >= 0.6 is 0 Å². The average Bonchev–Trinajstić information content (AvgIpc) is 2.37. The highest BCUT2D eigenvalue weighted by atomic mass is 32.3. The summed E-state index contributed by atoms with van der Waals surface area (Å²) in [6.45, 7) is 2.43. The maximum Gasteiger partial charge on any atom is 0.0362 e. The van der Waals surface area contributed by atoms with Crippen molar-refractivity contribution in [2.45, 2.75) is 18.3 Å². The SMILES string of the molecule is CS(C)(=O)(O)NCC1(c2ccccc2)CCNCC1. The molecular weight excluding hydrogens is 260 g/mol. The molecule has 5 heteroatoms. The van der Waals surface area contributed by atoms with Crippen LogP contribution in [-0.2, 0) is 14.9 Å². The molecule has 0 bridgehead atoms. The summed E-state index contributed by atoms with van der Waals surface area (Å²) in [5.41, 5.74) is 1.20. The molecule has 2 rings (SSSR count). The van der Waals surface area contributed by atoms with Crippen molar-refractivity contribution in [3.05, 3.63) is 35.9 Å². The Morgan fingerprint density at radius 3 is 2.37 bits per heavy atom. The standard InChI is InChI=1S/C14H24N2O2S/c1-19(2,17,18)16-12-14(8-10-15-11-9-14)13-6-4-3-5-7-13/h3-7,15H,8-12H2,1-2H3,(H2,16,17,18). The highest BCUT2D eigenvalue weighted by Crippen LogP contribution is 2.33.